The number of rotatable bonds is 5. The minimum absolute atomic E-state index is 0.0336. The van der Waals surface area contributed by atoms with Crippen LogP contribution in [0.4, 0.5) is 5.82 Å². The number of nitrogens with one attached hydrogen (secondary N) is 1. The molecule has 0 unspecified atom stereocenters. The van der Waals surface area contributed by atoms with E-state index >= 15 is 0 Å². The van der Waals surface area contributed by atoms with E-state index in [0.717, 1.165) is 5.56 Å². The van der Waals surface area contributed by atoms with Crippen LogP contribution in [0.2, 0.25) is 0 Å². The number of nitrogens with zero attached hydrogens (tertiary/aromatic N) is 5. The summed E-state index contributed by atoms with van der Waals surface area (Å²) in [6, 6.07) is 6.89. The van der Waals surface area contributed by atoms with Gasteiger partial charge in [0.15, 0.2) is 5.69 Å². The molecule has 1 aliphatic rings. The van der Waals surface area contributed by atoms with Crippen molar-refractivity contribution in [2.75, 3.05) is 32.0 Å². The smallest absolute Gasteiger partial charge is 0.308 e. The number of carbonyl (C=O) groups excluding carboxylic acids is 1. The number of aryl methyl sites for hydroxylation is 1. The second kappa shape index (κ2) is 9.79. The van der Waals surface area contributed by atoms with E-state index in [1.165, 1.54) is 4.68 Å². The van der Waals surface area contributed by atoms with Gasteiger partial charge in [-0.05, 0) is 24.5 Å². The number of nitrogens with two attached hydrogens (primary N) is 1. The minimum atomic E-state index is -0.315. The highest BCUT2D eigenvalue weighted by Gasteiger charge is 2.28. The monoisotopic (exact) mass is 480 g/mol. The van der Waals surface area contributed by atoms with E-state index in [2.05, 4.69) is 15.2 Å². The van der Waals surface area contributed by atoms with Gasteiger partial charge in [-0.2, -0.15) is 5.41 Å². The first kappa shape index (κ1) is 24.3. The SMILES string of the molecule is Cc1cc(C(=N)[n+]2nc(OCc3ccc(C(=O)N4CCOCC4)cn3)c(C(C)(C)C)cc2N)no1. The number of anilines is 1. The Kier molecular flexibility index (Phi) is 6.79. The Bertz CT molecular complexity index is 1230. The Morgan fingerprint density at radius 1 is 1.26 bits per heavy atom. The number of aromatic nitrogens is 4. The van der Waals surface area contributed by atoms with Crippen LogP contribution in [0.3, 0.4) is 0 Å². The first-order chi connectivity index (χ1) is 16.6. The number of pyridine rings is 1. The molecule has 0 saturated carbocycles. The maximum atomic E-state index is 12.6. The molecule has 0 spiro atoms. The molecule has 11 nitrogen and oxygen atoms in total. The standard InChI is InChI=1S/C24H29N7O4/c1-15-11-19(29-35-15)21(26)31-20(25)12-18(24(2,3)4)22(28-31)34-14-17-6-5-16(13-27-17)23(32)30-7-9-33-10-8-30/h5-6,11-13,25-26H,7-10,14H2,1-4H3/p+1. The lowest BCUT2D eigenvalue weighted by Crippen LogP contribution is -2.49. The molecule has 184 valence electrons. The lowest BCUT2D eigenvalue weighted by atomic mass is 9.88. The molecule has 11 heteroatoms. The summed E-state index contributed by atoms with van der Waals surface area (Å²) < 4.78 is 17.7. The third-order valence-electron chi connectivity index (χ3n) is 5.58. The molecule has 1 fully saturated rings. The van der Waals surface area contributed by atoms with Gasteiger partial charge in [0.05, 0.1) is 24.5 Å². The average Bonchev–Trinajstić information content (AvgIpc) is 3.28. The van der Waals surface area contributed by atoms with E-state index in [4.69, 9.17) is 25.1 Å². The van der Waals surface area contributed by atoms with Gasteiger partial charge in [0, 0.05) is 37.0 Å². The van der Waals surface area contributed by atoms with Crippen molar-refractivity contribution < 1.29 is 23.5 Å². The van der Waals surface area contributed by atoms with Gasteiger partial charge in [-0.3, -0.25) is 9.78 Å². The number of hydrogen-bond donors (Lipinski definition) is 2. The quantitative estimate of drug-likeness (QED) is 0.320. The van der Waals surface area contributed by atoms with Crippen molar-refractivity contribution in [2.45, 2.75) is 39.7 Å². The molecule has 0 aliphatic carbocycles. The van der Waals surface area contributed by atoms with Gasteiger partial charge < -0.3 is 24.6 Å². The lowest BCUT2D eigenvalue weighted by molar-refractivity contribution is -0.608. The molecule has 1 aliphatic heterocycles. The Morgan fingerprint density at radius 2 is 2.00 bits per heavy atom. The van der Waals surface area contributed by atoms with Crippen molar-refractivity contribution in [3.8, 4) is 5.88 Å². The van der Waals surface area contributed by atoms with Crippen molar-refractivity contribution in [1.82, 2.24) is 20.1 Å². The number of carbonyl (C=O) groups is 1. The van der Waals surface area contributed by atoms with Crippen molar-refractivity contribution in [3.63, 3.8) is 0 Å². The Balaban J connectivity index is 1.54. The van der Waals surface area contributed by atoms with Crippen molar-refractivity contribution in [2.24, 2.45) is 0 Å². The number of amides is 1. The van der Waals surface area contributed by atoms with Gasteiger partial charge in [-0.25, -0.2) is 0 Å². The summed E-state index contributed by atoms with van der Waals surface area (Å²) in [5.74, 6) is 1.08. The summed E-state index contributed by atoms with van der Waals surface area (Å²) in [5.41, 5.74) is 8.17. The molecule has 0 atom stereocenters. The molecule has 1 amide bonds. The number of nitrogen functional groups attached to an aromatic ring is 1. The van der Waals surface area contributed by atoms with Crippen LogP contribution in [0.15, 0.2) is 35.0 Å². The van der Waals surface area contributed by atoms with Crippen molar-refractivity contribution >= 4 is 17.6 Å². The van der Waals surface area contributed by atoms with Crippen molar-refractivity contribution in [3.05, 3.63) is 58.7 Å². The summed E-state index contributed by atoms with van der Waals surface area (Å²) in [7, 11) is 0. The highest BCUT2D eigenvalue weighted by atomic mass is 16.5. The average molecular weight is 481 g/mol. The molecule has 0 radical (unpaired) electrons. The van der Waals surface area contributed by atoms with Crippen molar-refractivity contribution in [1.29, 1.82) is 5.41 Å². The largest absolute Gasteiger partial charge is 0.469 e. The second-order valence-corrected chi connectivity index (χ2v) is 9.35. The lowest BCUT2D eigenvalue weighted by Gasteiger charge is -2.26. The predicted molar refractivity (Wildman–Crippen MR) is 126 cm³/mol. The highest BCUT2D eigenvalue weighted by Crippen LogP contribution is 2.30. The van der Waals surface area contributed by atoms with Crippen LogP contribution in [-0.4, -0.2) is 58.2 Å². The summed E-state index contributed by atoms with van der Waals surface area (Å²) >= 11 is 0. The van der Waals surface area contributed by atoms with E-state index in [1.807, 2.05) is 20.8 Å². The van der Waals surface area contributed by atoms with Gasteiger partial charge in [0.25, 0.3) is 11.8 Å². The van der Waals surface area contributed by atoms with E-state index < -0.39 is 0 Å². The van der Waals surface area contributed by atoms with E-state index in [1.54, 1.807) is 42.3 Å². The molecule has 1 saturated heterocycles. The van der Waals surface area contributed by atoms with E-state index in [0.29, 0.717) is 54.9 Å². The van der Waals surface area contributed by atoms with Crippen LogP contribution in [0.5, 0.6) is 5.88 Å². The first-order valence-corrected chi connectivity index (χ1v) is 11.3. The molecular formula is C24H30N7O4+. The maximum absolute atomic E-state index is 12.6. The number of ether oxygens (including phenoxy) is 2. The van der Waals surface area contributed by atoms with Gasteiger partial charge in [0.2, 0.25) is 5.82 Å². The predicted octanol–water partition coefficient (Wildman–Crippen LogP) is 1.87. The molecule has 3 aromatic rings. The molecule has 4 rings (SSSR count). The number of hydrogen-bond acceptors (Lipinski definition) is 9. The molecule has 4 heterocycles. The van der Waals surface area contributed by atoms with Gasteiger partial charge >= 0.3 is 5.84 Å². The Hall–Kier alpha value is -3.86. The van der Waals surface area contributed by atoms with Crippen LogP contribution in [0.1, 0.15) is 53.8 Å². The first-order valence-electron chi connectivity index (χ1n) is 11.3. The molecule has 35 heavy (non-hydrogen) atoms. The number of morpholine rings is 1. The molecule has 0 aromatic carbocycles. The fourth-order valence-electron chi connectivity index (χ4n) is 3.61. The zero-order valence-corrected chi connectivity index (χ0v) is 20.4. The minimum Gasteiger partial charge on any atom is -0.469 e. The zero-order chi connectivity index (χ0) is 25.2. The summed E-state index contributed by atoms with van der Waals surface area (Å²) in [5, 5.41) is 16.9. The fourth-order valence-corrected chi connectivity index (χ4v) is 3.61. The van der Waals surface area contributed by atoms with Crippen LogP contribution in [0, 0.1) is 12.3 Å². The summed E-state index contributed by atoms with van der Waals surface area (Å²) in [4.78, 5) is 18.8. The van der Waals surface area contributed by atoms with Crippen LogP contribution >= 0.6 is 0 Å². The molecule has 3 aromatic heterocycles. The Labute approximate surface area is 203 Å². The second-order valence-electron chi connectivity index (χ2n) is 9.35. The van der Waals surface area contributed by atoms with Crippen LogP contribution in [0.25, 0.3) is 0 Å². The fraction of sp³-hybridized carbons (Fsp3) is 0.417. The summed E-state index contributed by atoms with van der Waals surface area (Å²) in [6.07, 6.45) is 1.56. The van der Waals surface area contributed by atoms with Gasteiger partial charge in [0.1, 0.15) is 12.4 Å². The van der Waals surface area contributed by atoms with Gasteiger partial charge in [-0.15, -0.1) is 0 Å². The van der Waals surface area contributed by atoms with Gasteiger partial charge in [-0.1, -0.05) is 35.7 Å². The zero-order valence-electron chi connectivity index (χ0n) is 20.4. The van der Waals surface area contributed by atoms with Crippen LogP contribution in [-0.2, 0) is 16.8 Å². The summed E-state index contributed by atoms with van der Waals surface area (Å²) in [6.45, 7) is 10.2. The molecular weight excluding hydrogens is 450 g/mol. The maximum Gasteiger partial charge on any atom is 0.308 e. The topological polar surface area (TPSA) is 144 Å². The van der Waals surface area contributed by atoms with Crippen LogP contribution < -0.4 is 15.2 Å². The third kappa shape index (κ3) is 5.46. The molecule has 3 N–H and O–H groups in total. The van der Waals surface area contributed by atoms with E-state index in [9.17, 15) is 4.79 Å². The normalized spacial score (nSPS) is 14.1. The highest BCUT2D eigenvalue weighted by molar-refractivity contribution is 5.94. The van der Waals surface area contributed by atoms with E-state index in [-0.39, 0.29) is 29.6 Å². The molecule has 0 bridgehead atoms. The third-order valence-corrected chi connectivity index (χ3v) is 5.58. The Morgan fingerprint density at radius 3 is 2.60 bits per heavy atom.